The Morgan fingerprint density at radius 1 is 1.24 bits per heavy atom. The van der Waals surface area contributed by atoms with E-state index in [0.29, 0.717) is 29.3 Å². The van der Waals surface area contributed by atoms with Crippen molar-refractivity contribution in [1.82, 2.24) is 0 Å². The van der Waals surface area contributed by atoms with Crippen molar-refractivity contribution in [1.29, 1.82) is 5.26 Å². The lowest BCUT2D eigenvalue weighted by atomic mass is 9.98. The Hall–Kier alpha value is -2.78. The molecule has 3 rings (SSSR count). The Balaban J connectivity index is 2.14. The molecule has 0 aliphatic carbocycles. The molecule has 2 aromatic carbocycles. The van der Waals surface area contributed by atoms with Gasteiger partial charge in [-0.25, -0.2) is 0 Å². The normalized spacial score (nSPS) is 15.0. The van der Waals surface area contributed by atoms with Gasteiger partial charge in [-0.3, -0.25) is 14.0 Å². The second-order valence-corrected chi connectivity index (χ2v) is 7.25. The number of benzodiazepines with no additional fused rings is 1. The van der Waals surface area contributed by atoms with E-state index in [9.17, 15) is 14.3 Å². The molecule has 1 atom stereocenters. The minimum absolute atomic E-state index is 0.0249. The quantitative estimate of drug-likeness (QED) is 0.847. The van der Waals surface area contributed by atoms with Gasteiger partial charge in [-0.1, -0.05) is 30.3 Å². The maximum absolute atomic E-state index is 12.6. The van der Waals surface area contributed by atoms with Gasteiger partial charge in [0.2, 0.25) is 5.91 Å². The van der Waals surface area contributed by atoms with E-state index in [2.05, 4.69) is 11.1 Å². The van der Waals surface area contributed by atoms with Crippen LogP contribution in [0.5, 0.6) is 0 Å². The van der Waals surface area contributed by atoms with Gasteiger partial charge < -0.3 is 4.90 Å². The number of benzene rings is 2. The SMILES string of the molecule is CS(=O)CCN1C(=O)CN=C(c2ccccc2)c2cc(C#N)ccc21. The molecule has 0 radical (unpaired) electrons. The number of aliphatic imine (C=N–C) groups is 1. The average molecular weight is 351 g/mol. The maximum Gasteiger partial charge on any atom is 0.248 e. The van der Waals surface area contributed by atoms with Gasteiger partial charge in [0.25, 0.3) is 0 Å². The minimum atomic E-state index is -0.999. The molecule has 0 N–H and O–H groups in total. The highest BCUT2D eigenvalue weighted by Gasteiger charge is 2.25. The number of hydrogen-bond acceptors (Lipinski definition) is 4. The topological polar surface area (TPSA) is 73.5 Å². The van der Waals surface area contributed by atoms with Crippen LogP contribution in [0, 0.1) is 11.3 Å². The molecule has 1 heterocycles. The Bertz CT molecular complexity index is 901. The standard InChI is InChI=1S/C19H17N3O2S/c1-25(24)10-9-22-17-8-7-14(12-20)11-16(17)19(21-13-18(22)23)15-5-3-2-4-6-15/h2-8,11H,9-10,13H2,1H3. The second kappa shape index (κ2) is 7.41. The lowest BCUT2D eigenvalue weighted by molar-refractivity contribution is -0.117. The fourth-order valence-electron chi connectivity index (χ4n) is 2.79. The Morgan fingerprint density at radius 2 is 2.00 bits per heavy atom. The molecule has 0 aromatic heterocycles. The molecule has 0 bridgehead atoms. The Kier molecular flexibility index (Phi) is 5.05. The van der Waals surface area contributed by atoms with Crippen molar-refractivity contribution in [2.75, 3.05) is 30.0 Å². The molecule has 1 amide bonds. The van der Waals surface area contributed by atoms with E-state index in [1.165, 1.54) is 0 Å². The van der Waals surface area contributed by atoms with Crippen molar-refractivity contribution in [3.63, 3.8) is 0 Å². The van der Waals surface area contributed by atoms with E-state index in [-0.39, 0.29) is 12.5 Å². The average Bonchev–Trinajstić information content (AvgIpc) is 2.76. The van der Waals surface area contributed by atoms with Gasteiger partial charge in [-0.05, 0) is 18.2 Å². The predicted molar refractivity (Wildman–Crippen MR) is 99.4 cm³/mol. The largest absolute Gasteiger partial charge is 0.309 e. The van der Waals surface area contributed by atoms with Crippen LogP contribution in [-0.2, 0) is 15.6 Å². The summed E-state index contributed by atoms with van der Waals surface area (Å²) in [6.07, 6.45) is 1.62. The number of amides is 1. The first-order valence-electron chi connectivity index (χ1n) is 7.85. The van der Waals surface area contributed by atoms with E-state index in [0.717, 1.165) is 11.1 Å². The number of fused-ring (bicyclic) bond motifs is 1. The molecule has 5 nitrogen and oxygen atoms in total. The number of hydrogen-bond donors (Lipinski definition) is 0. The summed E-state index contributed by atoms with van der Waals surface area (Å²) in [6, 6.07) is 17.0. The zero-order valence-corrected chi connectivity index (χ0v) is 14.6. The van der Waals surface area contributed by atoms with Crippen molar-refractivity contribution >= 4 is 28.1 Å². The molecule has 0 spiro atoms. The molecule has 0 fully saturated rings. The Morgan fingerprint density at radius 3 is 2.68 bits per heavy atom. The number of carbonyl (C=O) groups is 1. The van der Waals surface area contributed by atoms with Crippen molar-refractivity contribution in [3.8, 4) is 6.07 Å². The number of carbonyl (C=O) groups excluding carboxylic acids is 1. The third-order valence-corrected chi connectivity index (χ3v) is 4.75. The number of anilines is 1. The van der Waals surface area contributed by atoms with Crippen LogP contribution in [0.3, 0.4) is 0 Å². The zero-order chi connectivity index (χ0) is 17.8. The van der Waals surface area contributed by atoms with Crippen LogP contribution in [0.15, 0.2) is 53.5 Å². The molecule has 25 heavy (non-hydrogen) atoms. The first kappa shape index (κ1) is 17.1. The molecule has 0 saturated heterocycles. The smallest absolute Gasteiger partial charge is 0.248 e. The van der Waals surface area contributed by atoms with E-state index in [1.54, 1.807) is 29.4 Å². The summed E-state index contributed by atoms with van der Waals surface area (Å²) in [5.74, 6) is 0.258. The second-order valence-electron chi connectivity index (χ2n) is 5.70. The van der Waals surface area contributed by atoms with Crippen molar-refractivity contribution in [2.45, 2.75) is 0 Å². The minimum Gasteiger partial charge on any atom is -0.309 e. The summed E-state index contributed by atoms with van der Waals surface area (Å²) in [5.41, 5.74) is 3.55. The first-order valence-corrected chi connectivity index (χ1v) is 9.57. The van der Waals surface area contributed by atoms with Crippen molar-refractivity contribution in [2.24, 2.45) is 4.99 Å². The molecule has 6 heteroatoms. The van der Waals surface area contributed by atoms with Crippen LogP contribution < -0.4 is 4.90 Å². The summed E-state index contributed by atoms with van der Waals surface area (Å²) in [5, 5.41) is 9.25. The van der Waals surface area contributed by atoms with Crippen LogP contribution >= 0.6 is 0 Å². The van der Waals surface area contributed by atoms with E-state index in [4.69, 9.17) is 0 Å². The highest BCUT2D eigenvalue weighted by Crippen LogP contribution is 2.28. The van der Waals surface area contributed by atoms with Gasteiger partial charge in [0.15, 0.2) is 0 Å². The van der Waals surface area contributed by atoms with Crippen molar-refractivity contribution in [3.05, 3.63) is 65.2 Å². The lowest BCUT2D eigenvalue weighted by Gasteiger charge is -2.22. The molecular weight excluding hydrogens is 334 g/mol. The van der Waals surface area contributed by atoms with E-state index < -0.39 is 10.8 Å². The van der Waals surface area contributed by atoms with Gasteiger partial charge in [0.1, 0.15) is 6.54 Å². The van der Waals surface area contributed by atoms with Crippen LogP contribution in [0.2, 0.25) is 0 Å². The zero-order valence-electron chi connectivity index (χ0n) is 13.8. The summed E-state index contributed by atoms with van der Waals surface area (Å²) < 4.78 is 11.5. The van der Waals surface area contributed by atoms with Gasteiger partial charge in [-0.2, -0.15) is 5.26 Å². The van der Waals surface area contributed by atoms with Crippen LogP contribution in [0.4, 0.5) is 5.69 Å². The first-order chi connectivity index (χ1) is 12.1. The van der Waals surface area contributed by atoms with Crippen LogP contribution in [0.1, 0.15) is 16.7 Å². The maximum atomic E-state index is 12.6. The third-order valence-electron chi connectivity index (χ3n) is 3.99. The van der Waals surface area contributed by atoms with Gasteiger partial charge in [-0.15, -0.1) is 0 Å². The molecule has 1 aliphatic heterocycles. The molecule has 126 valence electrons. The van der Waals surface area contributed by atoms with Crippen molar-refractivity contribution < 1.29 is 9.00 Å². The van der Waals surface area contributed by atoms with Crippen LogP contribution in [-0.4, -0.2) is 40.9 Å². The number of rotatable bonds is 4. The van der Waals surface area contributed by atoms with Crippen LogP contribution in [0.25, 0.3) is 0 Å². The lowest BCUT2D eigenvalue weighted by Crippen LogP contribution is -2.35. The molecule has 1 aliphatic rings. The highest BCUT2D eigenvalue weighted by atomic mass is 32.2. The Labute approximate surface area is 149 Å². The molecular formula is C19H17N3O2S. The third kappa shape index (κ3) is 3.67. The van der Waals surface area contributed by atoms with Gasteiger partial charge in [0, 0.05) is 40.5 Å². The molecule has 2 aromatic rings. The van der Waals surface area contributed by atoms with E-state index >= 15 is 0 Å². The summed E-state index contributed by atoms with van der Waals surface area (Å²) in [4.78, 5) is 18.7. The number of nitrogens with zero attached hydrogens (tertiary/aromatic N) is 3. The van der Waals surface area contributed by atoms with Gasteiger partial charge >= 0.3 is 0 Å². The number of nitriles is 1. The monoisotopic (exact) mass is 351 g/mol. The molecule has 0 saturated carbocycles. The fraction of sp³-hybridized carbons (Fsp3) is 0.211. The van der Waals surface area contributed by atoms with Gasteiger partial charge in [0.05, 0.1) is 23.0 Å². The summed E-state index contributed by atoms with van der Waals surface area (Å²) in [6.45, 7) is 0.385. The summed E-state index contributed by atoms with van der Waals surface area (Å²) >= 11 is 0. The fourth-order valence-corrected chi connectivity index (χ4v) is 3.23. The predicted octanol–water partition coefficient (Wildman–Crippen LogP) is 2.12. The van der Waals surface area contributed by atoms with E-state index in [1.807, 2.05) is 30.3 Å². The molecule has 1 unspecified atom stereocenters. The summed E-state index contributed by atoms with van der Waals surface area (Å²) in [7, 11) is -0.999. The highest BCUT2D eigenvalue weighted by molar-refractivity contribution is 7.84.